The molecule has 1 fully saturated rings. The minimum atomic E-state index is -0.393. The minimum absolute atomic E-state index is 0.393. The number of primary amides is 1. The zero-order valence-corrected chi connectivity index (χ0v) is 12.6. The van der Waals surface area contributed by atoms with Crippen molar-refractivity contribution in [1.29, 1.82) is 0 Å². The van der Waals surface area contributed by atoms with E-state index in [1.165, 1.54) is 0 Å². The summed E-state index contributed by atoms with van der Waals surface area (Å²) >= 11 is 0. The van der Waals surface area contributed by atoms with E-state index in [1.54, 1.807) is 18.5 Å². The van der Waals surface area contributed by atoms with Gasteiger partial charge in [-0.15, -0.1) is 0 Å². The molecule has 1 amide bonds. The summed E-state index contributed by atoms with van der Waals surface area (Å²) in [6, 6.07) is 9.46. The van der Waals surface area contributed by atoms with E-state index in [1.807, 2.05) is 25.1 Å². The maximum Gasteiger partial charge on any atom is 0.248 e. The van der Waals surface area contributed by atoms with Gasteiger partial charge in [0.1, 0.15) is 12.1 Å². The van der Waals surface area contributed by atoms with Crippen LogP contribution in [0, 0.1) is 6.92 Å². The molecule has 0 spiro atoms. The van der Waals surface area contributed by atoms with Crippen LogP contribution in [0.2, 0.25) is 0 Å². The van der Waals surface area contributed by atoms with Gasteiger partial charge in [0.2, 0.25) is 5.91 Å². The fraction of sp³-hybridized carbons (Fsp3) is 0.312. The van der Waals surface area contributed by atoms with Crippen molar-refractivity contribution < 1.29 is 4.79 Å². The summed E-state index contributed by atoms with van der Waals surface area (Å²) in [5.74, 6) is 0.590. The van der Waals surface area contributed by atoms with E-state index in [-0.39, 0.29) is 0 Å². The van der Waals surface area contributed by atoms with Crippen molar-refractivity contribution in [2.24, 2.45) is 5.73 Å². The molecule has 2 N–H and O–H groups in total. The zero-order valence-electron chi connectivity index (χ0n) is 12.6. The van der Waals surface area contributed by atoms with Gasteiger partial charge in [0, 0.05) is 49.2 Å². The second-order valence-electron chi connectivity index (χ2n) is 5.40. The number of rotatable bonds is 3. The fourth-order valence-corrected chi connectivity index (χ4v) is 2.64. The van der Waals surface area contributed by atoms with E-state index in [2.05, 4.69) is 19.8 Å². The van der Waals surface area contributed by atoms with Gasteiger partial charge in [-0.2, -0.15) is 0 Å². The number of carbonyl (C=O) groups is 1. The zero-order chi connectivity index (χ0) is 15.5. The molecule has 22 heavy (non-hydrogen) atoms. The molecule has 0 atom stereocenters. The van der Waals surface area contributed by atoms with Gasteiger partial charge in [-0.1, -0.05) is 0 Å². The van der Waals surface area contributed by atoms with Gasteiger partial charge in [0.05, 0.1) is 0 Å². The van der Waals surface area contributed by atoms with Crippen molar-refractivity contribution in [3.05, 3.63) is 47.9 Å². The maximum absolute atomic E-state index is 11.1. The SMILES string of the molecule is Cc1cc(N2CCN(c3ccc(C(N)=O)cc3)CC2)ncn1. The van der Waals surface area contributed by atoms with Crippen molar-refractivity contribution in [2.75, 3.05) is 36.0 Å². The van der Waals surface area contributed by atoms with E-state index in [4.69, 9.17) is 5.73 Å². The number of hydrogen-bond acceptors (Lipinski definition) is 5. The van der Waals surface area contributed by atoms with Crippen molar-refractivity contribution >= 4 is 17.4 Å². The van der Waals surface area contributed by atoms with Crippen molar-refractivity contribution in [3.63, 3.8) is 0 Å². The summed E-state index contributed by atoms with van der Waals surface area (Å²) < 4.78 is 0. The van der Waals surface area contributed by atoms with E-state index < -0.39 is 5.91 Å². The number of nitrogens with zero attached hydrogens (tertiary/aromatic N) is 4. The molecule has 0 unspecified atom stereocenters. The molecule has 3 rings (SSSR count). The summed E-state index contributed by atoms with van der Waals surface area (Å²) in [7, 11) is 0. The second-order valence-corrected chi connectivity index (χ2v) is 5.40. The highest BCUT2D eigenvalue weighted by Gasteiger charge is 2.18. The number of hydrogen-bond donors (Lipinski definition) is 1. The molecule has 0 aliphatic carbocycles. The number of carbonyl (C=O) groups excluding carboxylic acids is 1. The van der Waals surface area contributed by atoms with Crippen LogP contribution in [0.1, 0.15) is 16.1 Å². The molecule has 1 aliphatic rings. The molecule has 1 saturated heterocycles. The van der Waals surface area contributed by atoms with Crippen molar-refractivity contribution in [3.8, 4) is 0 Å². The summed E-state index contributed by atoms with van der Waals surface area (Å²) in [6.07, 6.45) is 1.61. The lowest BCUT2D eigenvalue weighted by Gasteiger charge is -2.36. The predicted octanol–water partition coefficient (Wildman–Crippen LogP) is 1.21. The first-order valence-electron chi connectivity index (χ1n) is 7.32. The van der Waals surface area contributed by atoms with Gasteiger partial charge in [0.15, 0.2) is 0 Å². The summed E-state index contributed by atoms with van der Waals surface area (Å²) in [6.45, 7) is 5.63. The molecular formula is C16H19N5O. The lowest BCUT2D eigenvalue weighted by atomic mass is 10.1. The van der Waals surface area contributed by atoms with Gasteiger partial charge < -0.3 is 15.5 Å². The van der Waals surface area contributed by atoms with E-state index >= 15 is 0 Å². The molecule has 6 nitrogen and oxygen atoms in total. The minimum Gasteiger partial charge on any atom is -0.368 e. The summed E-state index contributed by atoms with van der Waals surface area (Å²) in [5, 5.41) is 0. The average molecular weight is 297 g/mol. The molecule has 2 heterocycles. The highest BCUT2D eigenvalue weighted by Crippen LogP contribution is 2.19. The van der Waals surface area contributed by atoms with Crippen molar-refractivity contribution in [2.45, 2.75) is 6.92 Å². The van der Waals surface area contributed by atoms with E-state index in [0.29, 0.717) is 5.56 Å². The highest BCUT2D eigenvalue weighted by atomic mass is 16.1. The Balaban J connectivity index is 1.65. The Morgan fingerprint density at radius 2 is 1.68 bits per heavy atom. The van der Waals surface area contributed by atoms with Crippen LogP contribution >= 0.6 is 0 Å². The van der Waals surface area contributed by atoms with Crippen LogP contribution in [0.3, 0.4) is 0 Å². The largest absolute Gasteiger partial charge is 0.368 e. The molecule has 2 aromatic rings. The number of piperazine rings is 1. The van der Waals surface area contributed by atoms with E-state index in [9.17, 15) is 4.79 Å². The monoisotopic (exact) mass is 297 g/mol. The molecule has 6 heteroatoms. The number of amides is 1. The number of aryl methyl sites for hydroxylation is 1. The standard InChI is InChI=1S/C16H19N5O/c1-12-10-15(19-11-18-12)21-8-6-20(7-9-21)14-4-2-13(3-5-14)16(17)22/h2-5,10-11H,6-9H2,1H3,(H2,17,22). The van der Waals surface area contributed by atoms with Crippen LogP contribution in [0.25, 0.3) is 0 Å². The smallest absolute Gasteiger partial charge is 0.248 e. The lowest BCUT2D eigenvalue weighted by Crippen LogP contribution is -2.46. The van der Waals surface area contributed by atoms with Crippen LogP contribution in [-0.2, 0) is 0 Å². The van der Waals surface area contributed by atoms with Gasteiger partial charge in [0.25, 0.3) is 0 Å². The molecule has 0 radical (unpaired) electrons. The van der Waals surface area contributed by atoms with Crippen molar-refractivity contribution in [1.82, 2.24) is 9.97 Å². The molecule has 114 valence electrons. The van der Waals surface area contributed by atoms with Crippen LogP contribution in [0.4, 0.5) is 11.5 Å². The number of anilines is 2. The Bertz CT molecular complexity index is 662. The van der Waals surface area contributed by atoms with Crippen LogP contribution < -0.4 is 15.5 Å². The third-order valence-corrected chi connectivity index (χ3v) is 3.91. The van der Waals surface area contributed by atoms with E-state index in [0.717, 1.165) is 43.4 Å². The van der Waals surface area contributed by atoms with Crippen LogP contribution in [0.15, 0.2) is 36.7 Å². The Hall–Kier alpha value is -2.63. The Morgan fingerprint density at radius 1 is 1.05 bits per heavy atom. The lowest BCUT2D eigenvalue weighted by molar-refractivity contribution is 0.100. The quantitative estimate of drug-likeness (QED) is 0.921. The van der Waals surface area contributed by atoms with Gasteiger partial charge in [-0.3, -0.25) is 4.79 Å². The highest BCUT2D eigenvalue weighted by molar-refractivity contribution is 5.93. The number of benzene rings is 1. The summed E-state index contributed by atoms with van der Waals surface area (Å²) in [5.41, 5.74) is 7.90. The second kappa shape index (κ2) is 6.01. The molecule has 1 aromatic heterocycles. The fourth-order valence-electron chi connectivity index (χ4n) is 2.64. The Labute approximate surface area is 129 Å². The number of aromatic nitrogens is 2. The Kier molecular flexibility index (Phi) is 3.91. The first-order valence-corrected chi connectivity index (χ1v) is 7.32. The molecule has 0 bridgehead atoms. The molecule has 0 saturated carbocycles. The molecule has 1 aromatic carbocycles. The third-order valence-electron chi connectivity index (χ3n) is 3.91. The maximum atomic E-state index is 11.1. The molecular weight excluding hydrogens is 278 g/mol. The van der Waals surface area contributed by atoms with Crippen LogP contribution in [-0.4, -0.2) is 42.1 Å². The normalized spacial score (nSPS) is 15.0. The predicted molar refractivity (Wildman–Crippen MR) is 86.2 cm³/mol. The van der Waals surface area contributed by atoms with Crippen LogP contribution in [0.5, 0.6) is 0 Å². The average Bonchev–Trinajstić information content (AvgIpc) is 2.55. The topological polar surface area (TPSA) is 75.3 Å². The first kappa shape index (κ1) is 14.3. The Morgan fingerprint density at radius 3 is 2.27 bits per heavy atom. The first-order chi connectivity index (χ1) is 10.6. The summed E-state index contributed by atoms with van der Waals surface area (Å²) in [4.78, 5) is 24.1. The number of nitrogens with two attached hydrogens (primary N) is 1. The van der Waals surface area contributed by atoms with Gasteiger partial charge in [-0.25, -0.2) is 9.97 Å². The third kappa shape index (κ3) is 3.00. The van der Waals surface area contributed by atoms with Gasteiger partial charge in [-0.05, 0) is 31.2 Å². The van der Waals surface area contributed by atoms with Gasteiger partial charge >= 0.3 is 0 Å². The molecule has 1 aliphatic heterocycles.